The lowest BCUT2D eigenvalue weighted by Gasteiger charge is -2.18. The second-order valence-corrected chi connectivity index (χ2v) is 4.90. The van der Waals surface area contributed by atoms with Crippen LogP contribution in [0, 0.1) is 11.7 Å². The van der Waals surface area contributed by atoms with Crippen LogP contribution in [0.4, 0.5) is 4.39 Å². The Morgan fingerprint density at radius 1 is 1.44 bits per heavy atom. The number of hydrogen-bond donors (Lipinski definition) is 1. The fourth-order valence-corrected chi connectivity index (χ4v) is 1.78. The molecule has 0 heterocycles. The van der Waals surface area contributed by atoms with E-state index in [4.69, 9.17) is 16.3 Å². The number of nitrogens with one attached hydrogen (secondary N) is 1. The minimum absolute atomic E-state index is 0.255. The molecule has 100 valence electrons. The largest absolute Gasteiger partial charge is 0.468 e. The predicted octanol–water partition coefficient (Wildman–Crippen LogP) is 2.94. The average Bonchev–Trinajstić information content (AvgIpc) is 2.27. The SMILES string of the molecule is COC(=O)C(NCC(C)C)c1cc(F)cc(Cl)c1. The van der Waals surface area contributed by atoms with Gasteiger partial charge >= 0.3 is 5.97 Å². The van der Waals surface area contributed by atoms with Crippen LogP contribution in [0.5, 0.6) is 0 Å². The summed E-state index contributed by atoms with van der Waals surface area (Å²) in [7, 11) is 1.30. The standard InChI is InChI=1S/C13H17ClFNO2/c1-8(2)7-16-12(13(17)18-3)9-4-10(14)6-11(15)5-9/h4-6,8,12,16H,7H2,1-3H3. The Hall–Kier alpha value is -1.13. The quantitative estimate of drug-likeness (QED) is 0.839. The van der Waals surface area contributed by atoms with Crippen molar-refractivity contribution in [2.24, 2.45) is 5.92 Å². The number of carbonyl (C=O) groups excluding carboxylic acids is 1. The summed E-state index contributed by atoms with van der Waals surface area (Å²) in [4.78, 5) is 11.7. The topological polar surface area (TPSA) is 38.3 Å². The summed E-state index contributed by atoms with van der Waals surface area (Å²) in [5, 5.41) is 3.30. The van der Waals surface area contributed by atoms with Gasteiger partial charge in [0.25, 0.3) is 0 Å². The first-order valence-corrected chi connectivity index (χ1v) is 6.09. The molecular formula is C13H17ClFNO2. The van der Waals surface area contributed by atoms with Crippen molar-refractivity contribution in [2.75, 3.05) is 13.7 Å². The van der Waals surface area contributed by atoms with Crippen molar-refractivity contribution in [2.45, 2.75) is 19.9 Å². The van der Waals surface area contributed by atoms with Gasteiger partial charge in [-0.3, -0.25) is 0 Å². The molecule has 5 heteroatoms. The molecule has 1 N–H and O–H groups in total. The molecule has 3 nitrogen and oxygen atoms in total. The Morgan fingerprint density at radius 3 is 2.61 bits per heavy atom. The molecule has 0 spiro atoms. The highest BCUT2D eigenvalue weighted by atomic mass is 35.5. The lowest BCUT2D eigenvalue weighted by atomic mass is 10.1. The van der Waals surface area contributed by atoms with Crippen molar-refractivity contribution in [1.29, 1.82) is 0 Å². The molecule has 1 rings (SSSR count). The summed E-state index contributed by atoms with van der Waals surface area (Å²) in [6.45, 7) is 4.65. The summed E-state index contributed by atoms with van der Waals surface area (Å²) in [6, 6.07) is 3.33. The monoisotopic (exact) mass is 273 g/mol. The Bertz CT molecular complexity index is 403. The van der Waals surface area contributed by atoms with Crippen molar-refractivity contribution in [3.05, 3.63) is 34.6 Å². The third kappa shape index (κ3) is 4.27. The molecule has 18 heavy (non-hydrogen) atoms. The van der Waals surface area contributed by atoms with E-state index in [2.05, 4.69) is 5.32 Å². The number of benzene rings is 1. The smallest absolute Gasteiger partial charge is 0.327 e. The van der Waals surface area contributed by atoms with E-state index in [1.165, 1.54) is 19.2 Å². The first-order chi connectivity index (χ1) is 8.43. The molecule has 0 amide bonds. The van der Waals surface area contributed by atoms with Gasteiger partial charge in [0.15, 0.2) is 0 Å². The molecule has 0 fully saturated rings. The molecule has 0 aliphatic rings. The lowest BCUT2D eigenvalue weighted by molar-refractivity contribution is -0.143. The minimum Gasteiger partial charge on any atom is -0.468 e. The van der Waals surface area contributed by atoms with Gasteiger partial charge in [0.05, 0.1) is 7.11 Å². The third-order valence-corrected chi connectivity index (χ3v) is 2.60. The van der Waals surface area contributed by atoms with Gasteiger partial charge in [0.2, 0.25) is 0 Å². The minimum atomic E-state index is -0.703. The van der Waals surface area contributed by atoms with Gasteiger partial charge in [-0.25, -0.2) is 9.18 Å². The second-order valence-electron chi connectivity index (χ2n) is 4.46. The van der Waals surface area contributed by atoms with E-state index in [0.29, 0.717) is 18.0 Å². The molecule has 1 aromatic carbocycles. The zero-order valence-electron chi connectivity index (χ0n) is 10.7. The summed E-state index contributed by atoms with van der Waals surface area (Å²) < 4.78 is 18.0. The molecule has 0 aromatic heterocycles. The number of rotatable bonds is 5. The molecule has 1 atom stereocenters. The van der Waals surface area contributed by atoms with Gasteiger partial charge in [-0.1, -0.05) is 25.4 Å². The van der Waals surface area contributed by atoms with Gasteiger partial charge in [-0.05, 0) is 36.2 Å². The first kappa shape index (κ1) is 14.9. The maximum atomic E-state index is 13.3. The van der Waals surface area contributed by atoms with E-state index in [1.54, 1.807) is 6.07 Å². The Kier molecular flexibility index (Phi) is 5.56. The van der Waals surface area contributed by atoms with Crippen molar-refractivity contribution in [3.8, 4) is 0 Å². The van der Waals surface area contributed by atoms with Gasteiger partial charge in [-0.15, -0.1) is 0 Å². The summed E-state index contributed by atoms with van der Waals surface area (Å²) in [5.74, 6) is -0.573. The fourth-order valence-electron chi connectivity index (χ4n) is 1.55. The van der Waals surface area contributed by atoms with Crippen LogP contribution in [-0.4, -0.2) is 19.6 Å². The first-order valence-electron chi connectivity index (χ1n) is 5.71. The van der Waals surface area contributed by atoms with Crippen molar-refractivity contribution < 1.29 is 13.9 Å². The normalized spacial score (nSPS) is 12.6. The second kappa shape index (κ2) is 6.71. The maximum Gasteiger partial charge on any atom is 0.327 e. The third-order valence-electron chi connectivity index (χ3n) is 2.39. The average molecular weight is 274 g/mol. The van der Waals surface area contributed by atoms with E-state index < -0.39 is 17.8 Å². The molecule has 0 saturated heterocycles. The maximum absolute atomic E-state index is 13.3. The van der Waals surface area contributed by atoms with E-state index in [1.807, 2.05) is 13.8 Å². The predicted molar refractivity (Wildman–Crippen MR) is 69.0 cm³/mol. The van der Waals surface area contributed by atoms with Crippen LogP contribution in [0.3, 0.4) is 0 Å². The highest BCUT2D eigenvalue weighted by Gasteiger charge is 2.22. The van der Waals surface area contributed by atoms with Crippen LogP contribution in [0.1, 0.15) is 25.5 Å². The van der Waals surface area contributed by atoms with E-state index in [0.717, 1.165) is 0 Å². The van der Waals surface area contributed by atoms with E-state index in [-0.39, 0.29) is 5.02 Å². The van der Waals surface area contributed by atoms with Gasteiger partial charge < -0.3 is 10.1 Å². The Balaban J connectivity index is 2.97. The van der Waals surface area contributed by atoms with Crippen LogP contribution in [0.15, 0.2) is 18.2 Å². The van der Waals surface area contributed by atoms with E-state index >= 15 is 0 Å². The zero-order chi connectivity index (χ0) is 13.7. The number of halogens is 2. The lowest BCUT2D eigenvalue weighted by Crippen LogP contribution is -2.32. The number of carbonyl (C=O) groups is 1. The number of esters is 1. The van der Waals surface area contributed by atoms with Crippen molar-refractivity contribution in [3.63, 3.8) is 0 Å². The summed E-state index contributed by atoms with van der Waals surface area (Å²) in [6.07, 6.45) is 0. The molecule has 0 saturated carbocycles. The van der Waals surface area contributed by atoms with Crippen LogP contribution in [0.2, 0.25) is 5.02 Å². The van der Waals surface area contributed by atoms with Crippen LogP contribution in [0.25, 0.3) is 0 Å². The van der Waals surface area contributed by atoms with Crippen LogP contribution < -0.4 is 5.32 Å². The molecule has 0 radical (unpaired) electrons. The summed E-state index contributed by atoms with van der Waals surface area (Å²) in [5.41, 5.74) is 0.465. The van der Waals surface area contributed by atoms with E-state index in [9.17, 15) is 9.18 Å². The zero-order valence-corrected chi connectivity index (χ0v) is 11.4. The van der Waals surface area contributed by atoms with Crippen molar-refractivity contribution >= 4 is 17.6 Å². The highest BCUT2D eigenvalue weighted by molar-refractivity contribution is 6.30. The highest BCUT2D eigenvalue weighted by Crippen LogP contribution is 2.21. The Labute approximate surface area is 111 Å². The number of ether oxygens (including phenoxy) is 1. The molecule has 0 aliphatic carbocycles. The van der Waals surface area contributed by atoms with Crippen LogP contribution >= 0.6 is 11.6 Å². The molecule has 0 bridgehead atoms. The fraction of sp³-hybridized carbons (Fsp3) is 0.462. The molecule has 0 aliphatic heterocycles. The van der Waals surface area contributed by atoms with Gasteiger partial charge in [0, 0.05) is 5.02 Å². The van der Waals surface area contributed by atoms with Crippen molar-refractivity contribution in [1.82, 2.24) is 5.32 Å². The van der Waals surface area contributed by atoms with Gasteiger partial charge in [0.1, 0.15) is 11.9 Å². The Morgan fingerprint density at radius 2 is 2.11 bits per heavy atom. The summed E-state index contributed by atoms with van der Waals surface area (Å²) >= 11 is 5.78. The number of hydrogen-bond acceptors (Lipinski definition) is 3. The molecule has 1 aromatic rings. The van der Waals surface area contributed by atoms with Gasteiger partial charge in [-0.2, -0.15) is 0 Å². The molecule has 1 unspecified atom stereocenters. The van der Waals surface area contributed by atoms with Crippen LogP contribution in [-0.2, 0) is 9.53 Å². The molecular weight excluding hydrogens is 257 g/mol. The number of methoxy groups -OCH3 is 1.